The summed E-state index contributed by atoms with van der Waals surface area (Å²) in [6.07, 6.45) is 5.41. The average molecular weight is 529 g/mol. The van der Waals surface area contributed by atoms with Crippen molar-refractivity contribution in [2.75, 3.05) is 46.6 Å². The van der Waals surface area contributed by atoms with Gasteiger partial charge in [-0.15, -0.1) is 10.2 Å². The molecular weight excluding hydrogens is 495 g/mol. The summed E-state index contributed by atoms with van der Waals surface area (Å²) in [6, 6.07) is 15.1. The van der Waals surface area contributed by atoms with Gasteiger partial charge in [0.2, 0.25) is 0 Å². The van der Waals surface area contributed by atoms with Crippen LogP contribution in [0.5, 0.6) is 5.75 Å². The number of benzene rings is 2. The molecule has 0 radical (unpaired) electrons. The molecular formula is C30H33FN6O2. The average Bonchev–Trinajstić information content (AvgIpc) is 3.18. The van der Waals surface area contributed by atoms with Crippen molar-refractivity contribution in [3.8, 4) is 17.0 Å². The minimum atomic E-state index is -0.183. The van der Waals surface area contributed by atoms with Gasteiger partial charge in [0.1, 0.15) is 17.3 Å². The van der Waals surface area contributed by atoms with Gasteiger partial charge in [0.05, 0.1) is 17.1 Å². The second-order valence-corrected chi connectivity index (χ2v) is 11.7. The number of phenols is 1. The first kappa shape index (κ1) is 24.2. The molecule has 4 heterocycles. The maximum Gasteiger partial charge on any atom is 0.169 e. The summed E-state index contributed by atoms with van der Waals surface area (Å²) in [4.78, 5) is 18.5. The smallest absolute Gasteiger partial charge is 0.169 e. The number of nitrogen functional groups attached to an aromatic ring is 1. The number of nitrogens with two attached hydrogens (primary N) is 1. The summed E-state index contributed by atoms with van der Waals surface area (Å²) < 4.78 is 15.0. The Hall–Kier alpha value is -3.88. The highest BCUT2D eigenvalue weighted by Gasteiger charge is 2.45. The Morgan fingerprint density at radius 3 is 2.33 bits per heavy atom. The first-order valence-corrected chi connectivity index (χ1v) is 13.9. The molecule has 3 N–H and O–H groups in total. The van der Waals surface area contributed by atoms with E-state index in [-0.39, 0.29) is 29.1 Å². The molecule has 9 heteroatoms. The van der Waals surface area contributed by atoms with E-state index in [0.717, 1.165) is 63.2 Å². The number of carbonyl (C=O) groups is 1. The molecule has 1 aliphatic carbocycles. The number of phenolic OH excluding ortho intramolecular Hbond substituents is 1. The van der Waals surface area contributed by atoms with Crippen molar-refractivity contribution in [2.24, 2.45) is 5.41 Å². The fraction of sp³-hybridized carbons (Fsp3) is 0.433. The van der Waals surface area contributed by atoms with E-state index >= 15 is 4.39 Å². The zero-order valence-corrected chi connectivity index (χ0v) is 21.9. The number of aromatic nitrogens is 2. The lowest BCUT2D eigenvalue weighted by Gasteiger charge is -2.47. The van der Waals surface area contributed by atoms with E-state index in [0.29, 0.717) is 41.4 Å². The number of anilines is 4. The van der Waals surface area contributed by atoms with Crippen molar-refractivity contribution in [3.63, 3.8) is 0 Å². The number of piperidine rings is 1. The summed E-state index contributed by atoms with van der Waals surface area (Å²) in [6.45, 7) is 3.14. The lowest BCUT2D eigenvalue weighted by Crippen LogP contribution is -2.54. The Bertz CT molecular complexity index is 1410. The summed E-state index contributed by atoms with van der Waals surface area (Å²) >= 11 is 0. The van der Waals surface area contributed by atoms with Crippen molar-refractivity contribution in [2.45, 2.75) is 50.6 Å². The summed E-state index contributed by atoms with van der Waals surface area (Å²) in [5.41, 5.74) is 10.2. The van der Waals surface area contributed by atoms with Crippen LogP contribution in [0.4, 0.5) is 27.3 Å². The number of Topliss-reactive ketones (excluding diaryl/α,β-unsaturated/α-hetero) is 1. The van der Waals surface area contributed by atoms with Crippen molar-refractivity contribution in [3.05, 3.63) is 54.3 Å². The molecule has 4 fully saturated rings. The second-order valence-electron chi connectivity index (χ2n) is 11.7. The maximum absolute atomic E-state index is 15.0. The van der Waals surface area contributed by atoms with Crippen LogP contribution in [0, 0.1) is 11.2 Å². The van der Waals surface area contributed by atoms with Crippen LogP contribution in [0.2, 0.25) is 0 Å². The van der Waals surface area contributed by atoms with Gasteiger partial charge >= 0.3 is 0 Å². The van der Waals surface area contributed by atoms with E-state index in [1.54, 1.807) is 18.2 Å². The van der Waals surface area contributed by atoms with E-state index in [1.807, 2.05) is 30.3 Å². The highest BCUT2D eigenvalue weighted by molar-refractivity contribution is 5.86. The minimum Gasteiger partial charge on any atom is -0.507 e. The Balaban J connectivity index is 1.11. The molecule has 39 heavy (non-hydrogen) atoms. The highest BCUT2D eigenvalue weighted by Crippen LogP contribution is 2.48. The van der Waals surface area contributed by atoms with Crippen LogP contribution in [0.25, 0.3) is 11.3 Å². The van der Waals surface area contributed by atoms with Gasteiger partial charge in [-0.2, -0.15) is 0 Å². The van der Waals surface area contributed by atoms with Crippen LogP contribution in [0.15, 0.2) is 48.5 Å². The van der Waals surface area contributed by atoms with Crippen LogP contribution in [0.1, 0.15) is 38.5 Å². The summed E-state index contributed by atoms with van der Waals surface area (Å²) in [5, 5.41) is 18.8. The monoisotopic (exact) mass is 528 g/mol. The first-order valence-electron chi connectivity index (χ1n) is 13.9. The lowest BCUT2D eigenvalue weighted by molar-refractivity contribution is -0.133. The van der Waals surface area contributed by atoms with Gasteiger partial charge in [-0.3, -0.25) is 4.79 Å². The molecule has 202 valence electrons. The number of hydrogen-bond donors (Lipinski definition) is 2. The predicted octanol–water partition coefficient (Wildman–Crippen LogP) is 4.38. The SMILES string of the molecule is Nc1nnc(-c2ccccc2O)cc1N1CC2CCC(C1)N2c1ccc(F)c(N2CCC3(CC2)CC(=O)C3)c1. The number of rotatable bonds is 4. The summed E-state index contributed by atoms with van der Waals surface area (Å²) in [7, 11) is 0. The number of ketones is 1. The molecule has 2 bridgehead atoms. The topological polar surface area (TPSA) is 98.8 Å². The van der Waals surface area contributed by atoms with Gasteiger partial charge in [-0.1, -0.05) is 12.1 Å². The molecule has 8 nitrogen and oxygen atoms in total. The third kappa shape index (κ3) is 4.15. The molecule has 7 rings (SSSR count). The molecule has 2 unspecified atom stereocenters. The van der Waals surface area contributed by atoms with Crippen molar-refractivity contribution >= 4 is 28.7 Å². The van der Waals surface area contributed by atoms with E-state index in [1.165, 1.54) is 0 Å². The van der Waals surface area contributed by atoms with Gasteiger partial charge in [0, 0.05) is 62.4 Å². The number of para-hydroxylation sites is 1. The molecule has 0 amide bonds. The second kappa shape index (κ2) is 9.10. The van der Waals surface area contributed by atoms with Gasteiger partial charge in [-0.05, 0) is 67.5 Å². The van der Waals surface area contributed by atoms with Gasteiger partial charge in [-0.25, -0.2) is 4.39 Å². The Labute approximate surface area is 227 Å². The quantitative estimate of drug-likeness (QED) is 0.515. The van der Waals surface area contributed by atoms with Gasteiger partial charge in [0.25, 0.3) is 0 Å². The van der Waals surface area contributed by atoms with Gasteiger partial charge < -0.3 is 25.5 Å². The van der Waals surface area contributed by atoms with Crippen LogP contribution in [-0.4, -0.2) is 59.3 Å². The Morgan fingerprint density at radius 2 is 1.64 bits per heavy atom. The molecule has 1 spiro atoms. The molecule has 3 saturated heterocycles. The molecule has 2 atom stereocenters. The molecule has 2 aromatic carbocycles. The van der Waals surface area contributed by atoms with Gasteiger partial charge in [0.15, 0.2) is 5.82 Å². The van der Waals surface area contributed by atoms with E-state index in [9.17, 15) is 9.90 Å². The van der Waals surface area contributed by atoms with Crippen LogP contribution in [-0.2, 0) is 4.79 Å². The number of hydrogen-bond acceptors (Lipinski definition) is 8. The zero-order valence-electron chi connectivity index (χ0n) is 21.9. The first-order chi connectivity index (χ1) is 18.9. The van der Waals surface area contributed by atoms with Crippen molar-refractivity contribution < 1.29 is 14.3 Å². The highest BCUT2D eigenvalue weighted by atomic mass is 19.1. The maximum atomic E-state index is 15.0. The third-order valence-electron chi connectivity index (χ3n) is 9.34. The fourth-order valence-corrected chi connectivity index (χ4v) is 7.25. The molecule has 3 aromatic rings. The normalized spacial score (nSPS) is 23.8. The summed E-state index contributed by atoms with van der Waals surface area (Å²) in [5.74, 6) is 0.717. The minimum absolute atomic E-state index is 0.157. The van der Waals surface area contributed by atoms with Crippen LogP contribution < -0.4 is 20.4 Å². The molecule has 4 aliphatic rings. The largest absolute Gasteiger partial charge is 0.507 e. The zero-order chi connectivity index (χ0) is 26.7. The van der Waals surface area contributed by atoms with E-state index in [4.69, 9.17) is 5.73 Å². The number of nitrogens with zero attached hydrogens (tertiary/aromatic N) is 5. The lowest BCUT2D eigenvalue weighted by atomic mass is 9.62. The van der Waals surface area contributed by atoms with Crippen molar-refractivity contribution in [1.82, 2.24) is 10.2 Å². The van der Waals surface area contributed by atoms with Crippen molar-refractivity contribution in [1.29, 1.82) is 0 Å². The molecule has 1 aromatic heterocycles. The number of halogens is 1. The van der Waals surface area contributed by atoms with E-state index in [2.05, 4.69) is 24.9 Å². The van der Waals surface area contributed by atoms with Crippen LogP contribution >= 0.6 is 0 Å². The number of aromatic hydroxyl groups is 1. The fourth-order valence-electron chi connectivity index (χ4n) is 7.25. The Kier molecular flexibility index (Phi) is 5.64. The number of carbonyl (C=O) groups excluding carboxylic acids is 1. The number of piperazine rings is 1. The van der Waals surface area contributed by atoms with E-state index < -0.39 is 0 Å². The molecule has 3 aliphatic heterocycles. The predicted molar refractivity (Wildman–Crippen MR) is 150 cm³/mol. The standard InChI is InChI=1S/C30H33FN6O2/c31-24-8-7-19(13-26(24)35-11-9-30(10-12-35)15-22(38)16-30)37-20-5-6-21(37)18-36(17-20)27-14-25(33-34-29(27)32)23-3-1-2-4-28(23)39/h1-4,7-8,13-14,20-21,39H,5-6,9-12,15-18H2,(H2,32,34). The number of fused-ring (bicyclic) bond motifs is 2. The van der Waals surface area contributed by atoms with Crippen LogP contribution in [0.3, 0.4) is 0 Å². The molecule has 1 saturated carbocycles. The third-order valence-corrected chi connectivity index (χ3v) is 9.34. The Morgan fingerprint density at radius 1 is 0.923 bits per heavy atom.